The zero-order chi connectivity index (χ0) is 11.1. The van der Waals surface area contributed by atoms with Gasteiger partial charge in [0.05, 0.1) is 5.69 Å². The molecule has 2 heterocycles. The first-order valence-electron chi connectivity index (χ1n) is 5.78. The molecule has 3 nitrogen and oxygen atoms in total. The van der Waals surface area contributed by atoms with E-state index in [0.29, 0.717) is 11.3 Å². The van der Waals surface area contributed by atoms with Crippen LogP contribution in [0.5, 0.6) is 0 Å². The molecule has 15 heavy (non-hydrogen) atoms. The van der Waals surface area contributed by atoms with Crippen LogP contribution < -0.4 is 5.32 Å². The molecule has 1 aromatic rings. The Balaban J connectivity index is 2.34. The van der Waals surface area contributed by atoms with Gasteiger partial charge >= 0.3 is 0 Å². The summed E-state index contributed by atoms with van der Waals surface area (Å²) in [7, 11) is 2.05. The average Bonchev–Trinajstić information content (AvgIpc) is 2.70. The van der Waals surface area contributed by atoms with Crippen molar-refractivity contribution in [3.8, 4) is 0 Å². The summed E-state index contributed by atoms with van der Waals surface area (Å²) in [5.41, 5.74) is 2.89. The largest absolute Gasteiger partial charge is 0.315 e. The highest BCUT2D eigenvalue weighted by molar-refractivity contribution is 5.19. The standard InChI is InChI=1S/C12H21N3/c1-5-12(3)8-13-7-10(12)11-6-9(2)14-15(11)4/h6,10,13H,5,7-8H2,1-4H3/t10-,12-/m1/s1. The zero-order valence-electron chi connectivity index (χ0n) is 10.2. The van der Waals surface area contributed by atoms with E-state index in [1.165, 1.54) is 12.1 Å². The summed E-state index contributed by atoms with van der Waals surface area (Å²) in [6.07, 6.45) is 1.22. The highest BCUT2D eigenvalue weighted by Gasteiger charge is 2.39. The van der Waals surface area contributed by atoms with Gasteiger partial charge in [-0.1, -0.05) is 13.8 Å². The Morgan fingerprint density at radius 1 is 1.67 bits per heavy atom. The van der Waals surface area contributed by atoms with Crippen molar-refractivity contribution in [2.45, 2.75) is 33.1 Å². The number of aromatic nitrogens is 2. The maximum Gasteiger partial charge on any atom is 0.0596 e. The second-order valence-corrected chi connectivity index (χ2v) is 5.03. The first-order valence-corrected chi connectivity index (χ1v) is 5.78. The Morgan fingerprint density at radius 2 is 2.40 bits per heavy atom. The number of nitrogens with zero attached hydrogens (tertiary/aromatic N) is 2. The lowest BCUT2D eigenvalue weighted by atomic mass is 9.76. The Hall–Kier alpha value is -0.830. The molecule has 2 rings (SSSR count). The van der Waals surface area contributed by atoms with Gasteiger partial charge in [0.2, 0.25) is 0 Å². The molecular weight excluding hydrogens is 186 g/mol. The molecule has 1 fully saturated rings. The summed E-state index contributed by atoms with van der Waals surface area (Å²) in [5, 5.41) is 7.95. The van der Waals surface area contributed by atoms with Crippen LogP contribution in [0.1, 0.15) is 37.6 Å². The molecule has 1 N–H and O–H groups in total. The fraction of sp³-hybridized carbons (Fsp3) is 0.750. The van der Waals surface area contributed by atoms with Gasteiger partial charge in [-0.3, -0.25) is 4.68 Å². The smallest absolute Gasteiger partial charge is 0.0596 e. The topological polar surface area (TPSA) is 29.9 Å². The molecule has 0 spiro atoms. The molecule has 0 aromatic carbocycles. The number of aryl methyl sites for hydroxylation is 2. The number of hydrogen-bond acceptors (Lipinski definition) is 2. The summed E-state index contributed by atoms with van der Waals surface area (Å²) in [5.74, 6) is 0.605. The first-order chi connectivity index (χ1) is 7.07. The van der Waals surface area contributed by atoms with Crippen LogP contribution in [0.4, 0.5) is 0 Å². The van der Waals surface area contributed by atoms with Gasteiger partial charge in [-0.05, 0) is 24.8 Å². The molecule has 0 bridgehead atoms. The average molecular weight is 207 g/mol. The molecule has 2 atom stereocenters. The molecule has 84 valence electrons. The fourth-order valence-corrected chi connectivity index (χ4v) is 2.66. The third-order valence-corrected chi connectivity index (χ3v) is 3.92. The van der Waals surface area contributed by atoms with Crippen LogP contribution in [-0.2, 0) is 7.05 Å². The van der Waals surface area contributed by atoms with Gasteiger partial charge in [0.25, 0.3) is 0 Å². The van der Waals surface area contributed by atoms with Gasteiger partial charge in [-0.2, -0.15) is 5.10 Å². The lowest BCUT2D eigenvalue weighted by Gasteiger charge is -2.29. The van der Waals surface area contributed by atoms with Crippen LogP contribution in [0.15, 0.2) is 6.07 Å². The second kappa shape index (κ2) is 3.63. The maximum atomic E-state index is 4.44. The molecule has 0 saturated carbocycles. The van der Waals surface area contributed by atoms with Crippen LogP contribution in [-0.4, -0.2) is 22.9 Å². The summed E-state index contributed by atoms with van der Waals surface area (Å²) in [6.45, 7) is 8.93. The van der Waals surface area contributed by atoms with Gasteiger partial charge in [-0.15, -0.1) is 0 Å². The summed E-state index contributed by atoms with van der Waals surface area (Å²) in [4.78, 5) is 0. The lowest BCUT2D eigenvalue weighted by molar-refractivity contribution is 0.299. The molecule has 1 saturated heterocycles. The van der Waals surface area contributed by atoms with E-state index in [2.05, 4.69) is 44.3 Å². The van der Waals surface area contributed by atoms with Crippen LogP contribution in [0, 0.1) is 12.3 Å². The van der Waals surface area contributed by atoms with E-state index in [0.717, 1.165) is 18.8 Å². The highest BCUT2D eigenvalue weighted by atomic mass is 15.3. The molecule has 0 radical (unpaired) electrons. The highest BCUT2D eigenvalue weighted by Crippen LogP contribution is 2.41. The summed E-state index contributed by atoms with van der Waals surface area (Å²) < 4.78 is 2.04. The second-order valence-electron chi connectivity index (χ2n) is 5.03. The molecule has 1 aromatic heterocycles. The van der Waals surface area contributed by atoms with Gasteiger partial charge in [0.1, 0.15) is 0 Å². The minimum absolute atomic E-state index is 0.389. The van der Waals surface area contributed by atoms with E-state index < -0.39 is 0 Å². The van der Waals surface area contributed by atoms with Crippen molar-refractivity contribution in [3.05, 3.63) is 17.5 Å². The number of nitrogens with one attached hydrogen (secondary N) is 1. The van der Waals surface area contributed by atoms with Crippen molar-refractivity contribution in [1.29, 1.82) is 0 Å². The summed E-state index contributed by atoms with van der Waals surface area (Å²) in [6, 6.07) is 2.23. The monoisotopic (exact) mass is 207 g/mol. The number of rotatable bonds is 2. The minimum atomic E-state index is 0.389. The normalized spacial score (nSPS) is 31.1. The Bertz CT molecular complexity index is 356. The fourth-order valence-electron chi connectivity index (χ4n) is 2.66. The molecule has 1 aliphatic rings. The molecular formula is C12H21N3. The van der Waals surface area contributed by atoms with E-state index in [-0.39, 0.29) is 0 Å². The molecule has 1 aliphatic heterocycles. The van der Waals surface area contributed by atoms with Crippen molar-refractivity contribution < 1.29 is 0 Å². The zero-order valence-corrected chi connectivity index (χ0v) is 10.2. The van der Waals surface area contributed by atoms with E-state index >= 15 is 0 Å². The van der Waals surface area contributed by atoms with Gasteiger partial charge in [0.15, 0.2) is 0 Å². The van der Waals surface area contributed by atoms with Crippen LogP contribution in [0.3, 0.4) is 0 Å². The Morgan fingerprint density at radius 3 is 2.93 bits per heavy atom. The first kappa shape index (κ1) is 10.7. The predicted molar refractivity (Wildman–Crippen MR) is 62.0 cm³/mol. The lowest BCUT2D eigenvalue weighted by Crippen LogP contribution is -2.25. The third-order valence-electron chi connectivity index (χ3n) is 3.92. The summed E-state index contributed by atoms with van der Waals surface area (Å²) >= 11 is 0. The van der Waals surface area contributed by atoms with E-state index in [1.807, 2.05) is 4.68 Å². The minimum Gasteiger partial charge on any atom is -0.315 e. The van der Waals surface area contributed by atoms with Gasteiger partial charge in [0, 0.05) is 31.7 Å². The molecule has 0 aliphatic carbocycles. The van der Waals surface area contributed by atoms with Crippen LogP contribution in [0.2, 0.25) is 0 Å². The van der Waals surface area contributed by atoms with E-state index in [9.17, 15) is 0 Å². The van der Waals surface area contributed by atoms with Gasteiger partial charge < -0.3 is 5.32 Å². The van der Waals surface area contributed by atoms with Crippen molar-refractivity contribution in [1.82, 2.24) is 15.1 Å². The van der Waals surface area contributed by atoms with Crippen molar-refractivity contribution in [2.75, 3.05) is 13.1 Å². The van der Waals surface area contributed by atoms with Gasteiger partial charge in [-0.25, -0.2) is 0 Å². The Labute approximate surface area is 91.9 Å². The predicted octanol–water partition coefficient (Wildman–Crippen LogP) is 1.83. The molecule has 3 heteroatoms. The maximum absolute atomic E-state index is 4.44. The van der Waals surface area contributed by atoms with Crippen molar-refractivity contribution in [3.63, 3.8) is 0 Å². The molecule has 0 unspecified atom stereocenters. The van der Waals surface area contributed by atoms with E-state index in [1.54, 1.807) is 0 Å². The SMILES string of the molecule is CC[C@]1(C)CNC[C@@H]1c1cc(C)nn1C. The van der Waals surface area contributed by atoms with Crippen LogP contribution >= 0.6 is 0 Å². The molecule has 0 amide bonds. The number of hydrogen-bond donors (Lipinski definition) is 1. The van der Waals surface area contributed by atoms with E-state index in [4.69, 9.17) is 0 Å². The third kappa shape index (κ3) is 1.69. The van der Waals surface area contributed by atoms with Crippen molar-refractivity contribution >= 4 is 0 Å². The quantitative estimate of drug-likeness (QED) is 0.802. The van der Waals surface area contributed by atoms with Crippen molar-refractivity contribution in [2.24, 2.45) is 12.5 Å². The van der Waals surface area contributed by atoms with Crippen LogP contribution in [0.25, 0.3) is 0 Å². The Kier molecular flexibility index (Phi) is 2.59.